The molecule has 7 rings (SSSR count). The third kappa shape index (κ3) is 3.22. The van der Waals surface area contributed by atoms with Crippen molar-refractivity contribution in [2.75, 3.05) is 26.2 Å². The summed E-state index contributed by atoms with van der Waals surface area (Å²) in [7, 11) is -2.27. The number of piperidine rings is 1. The fourth-order valence-electron chi connectivity index (χ4n) is 6.39. The standard InChI is InChI=1S/C26H26FN7O3S/c1-16-10-22-17(12-29-34(22)19-6-4-18(27)5-7-19)11-20(16)26-15-33(38(36,37)23-13-28-31(2)30-23)14-21(26)24(26)25(35)32-8-3-9-32/h4-7,10-13,21,24H,3,8-9,14-15H2,1-2H3/t21-,24+,26+/m1/s1. The van der Waals surface area contributed by atoms with Gasteiger partial charge in [-0.25, -0.2) is 17.5 Å². The number of benzene rings is 2. The molecule has 3 atom stereocenters. The van der Waals surface area contributed by atoms with Crippen molar-refractivity contribution in [1.29, 1.82) is 0 Å². The summed E-state index contributed by atoms with van der Waals surface area (Å²) >= 11 is 0. The zero-order chi connectivity index (χ0) is 26.4. The summed E-state index contributed by atoms with van der Waals surface area (Å²) in [6, 6.07) is 10.2. The monoisotopic (exact) mass is 535 g/mol. The maximum atomic E-state index is 13.5. The summed E-state index contributed by atoms with van der Waals surface area (Å²) < 4.78 is 43.5. The Morgan fingerprint density at radius 3 is 2.53 bits per heavy atom. The molecule has 3 fully saturated rings. The van der Waals surface area contributed by atoms with Gasteiger partial charge in [0.2, 0.25) is 10.9 Å². The van der Waals surface area contributed by atoms with Crippen molar-refractivity contribution in [3.8, 4) is 5.69 Å². The zero-order valence-electron chi connectivity index (χ0n) is 21.0. The van der Waals surface area contributed by atoms with Crippen molar-refractivity contribution < 1.29 is 17.6 Å². The number of halogens is 1. The predicted octanol–water partition coefficient (Wildman–Crippen LogP) is 2.02. The number of aryl methyl sites for hydroxylation is 2. The first-order valence-corrected chi connectivity index (χ1v) is 14.0. The number of sulfonamides is 1. The van der Waals surface area contributed by atoms with E-state index in [2.05, 4.69) is 15.3 Å². The first kappa shape index (κ1) is 23.5. The fourth-order valence-corrected chi connectivity index (χ4v) is 7.79. The zero-order valence-corrected chi connectivity index (χ0v) is 21.8. The van der Waals surface area contributed by atoms with Gasteiger partial charge in [-0.05, 0) is 66.8 Å². The molecule has 0 unspecified atom stereocenters. The van der Waals surface area contributed by atoms with E-state index in [-0.39, 0.29) is 41.7 Å². The number of hydrogen-bond acceptors (Lipinski definition) is 6. The summed E-state index contributed by atoms with van der Waals surface area (Å²) in [4.78, 5) is 16.6. The smallest absolute Gasteiger partial charge is 0.264 e. The van der Waals surface area contributed by atoms with Crippen LogP contribution < -0.4 is 0 Å². The molecule has 0 spiro atoms. The third-order valence-electron chi connectivity index (χ3n) is 8.45. The first-order chi connectivity index (χ1) is 18.2. The van der Waals surface area contributed by atoms with E-state index in [1.807, 2.05) is 24.0 Å². The van der Waals surface area contributed by atoms with Crippen LogP contribution in [-0.4, -0.2) is 74.5 Å². The molecule has 2 aromatic heterocycles. The molecule has 1 aliphatic carbocycles. The number of amides is 1. The lowest BCUT2D eigenvalue weighted by Gasteiger charge is -2.33. The number of aromatic nitrogens is 5. The number of nitrogens with zero attached hydrogens (tertiary/aromatic N) is 7. The molecule has 1 saturated carbocycles. The van der Waals surface area contributed by atoms with Crippen LogP contribution >= 0.6 is 0 Å². The van der Waals surface area contributed by atoms with Crippen LogP contribution in [0.3, 0.4) is 0 Å². The Labute approximate surface area is 218 Å². The average Bonchev–Trinajstić information content (AvgIpc) is 3.27. The molecular formula is C26H26FN7O3S. The number of carbonyl (C=O) groups is 1. The molecule has 4 heterocycles. The molecule has 38 heavy (non-hydrogen) atoms. The molecule has 4 aromatic rings. The summed E-state index contributed by atoms with van der Waals surface area (Å²) in [5.41, 5.74) is 2.93. The average molecular weight is 536 g/mol. The van der Waals surface area contributed by atoms with Gasteiger partial charge in [-0.3, -0.25) is 4.79 Å². The lowest BCUT2D eigenvalue weighted by Crippen LogP contribution is -2.46. The minimum absolute atomic E-state index is 0.0881. The minimum atomic E-state index is -3.85. The van der Waals surface area contributed by atoms with E-state index < -0.39 is 15.4 Å². The number of carbonyl (C=O) groups excluding carboxylic acids is 1. The van der Waals surface area contributed by atoms with Crippen LogP contribution in [0.5, 0.6) is 0 Å². The van der Waals surface area contributed by atoms with Gasteiger partial charge < -0.3 is 4.90 Å². The van der Waals surface area contributed by atoms with E-state index in [4.69, 9.17) is 0 Å². The summed E-state index contributed by atoms with van der Waals surface area (Å²) in [6.07, 6.45) is 4.01. The van der Waals surface area contributed by atoms with E-state index in [1.54, 1.807) is 30.1 Å². The Morgan fingerprint density at radius 2 is 1.87 bits per heavy atom. The van der Waals surface area contributed by atoms with Gasteiger partial charge in [0, 0.05) is 44.0 Å². The predicted molar refractivity (Wildman–Crippen MR) is 135 cm³/mol. The topological polar surface area (TPSA) is 106 Å². The second-order valence-electron chi connectivity index (χ2n) is 10.5. The molecule has 10 nitrogen and oxygen atoms in total. The molecule has 3 aliphatic rings. The van der Waals surface area contributed by atoms with E-state index in [0.29, 0.717) is 0 Å². The van der Waals surface area contributed by atoms with Crippen LogP contribution in [0.2, 0.25) is 0 Å². The van der Waals surface area contributed by atoms with Gasteiger partial charge in [0.1, 0.15) is 5.82 Å². The van der Waals surface area contributed by atoms with Gasteiger partial charge in [-0.1, -0.05) is 0 Å². The third-order valence-corrected chi connectivity index (χ3v) is 10.1. The van der Waals surface area contributed by atoms with Crippen LogP contribution in [0, 0.1) is 24.6 Å². The molecule has 0 radical (unpaired) electrons. The van der Waals surface area contributed by atoms with Crippen molar-refractivity contribution in [3.63, 3.8) is 0 Å². The highest BCUT2D eigenvalue weighted by Crippen LogP contribution is 2.66. The molecule has 2 aromatic carbocycles. The Bertz CT molecular complexity index is 1710. The molecule has 12 heteroatoms. The first-order valence-electron chi connectivity index (χ1n) is 12.6. The summed E-state index contributed by atoms with van der Waals surface area (Å²) in [5, 5.41) is 13.3. The maximum absolute atomic E-state index is 13.5. The van der Waals surface area contributed by atoms with Crippen molar-refractivity contribution >= 4 is 26.8 Å². The minimum Gasteiger partial charge on any atom is -0.342 e. The highest BCUT2D eigenvalue weighted by molar-refractivity contribution is 7.89. The van der Waals surface area contributed by atoms with Gasteiger partial charge in [0.15, 0.2) is 0 Å². The molecule has 2 saturated heterocycles. The van der Waals surface area contributed by atoms with Gasteiger partial charge in [0.25, 0.3) is 10.0 Å². The Hall–Kier alpha value is -3.64. The number of rotatable bonds is 5. The SMILES string of the molecule is Cc1cc2c(cnn2-c2ccc(F)cc2)cc1[C@@]12CN(S(=O)(=O)c3cnn(C)n3)C[C@@H]1[C@H]2C(=O)N1CCC1. The highest BCUT2D eigenvalue weighted by atomic mass is 32.2. The second-order valence-corrected chi connectivity index (χ2v) is 12.4. The van der Waals surface area contributed by atoms with E-state index >= 15 is 0 Å². The largest absolute Gasteiger partial charge is 0.342 e. The number of fused-ring (bicyclic) bond motifs is 2. The highest BCUT2D eigenvalue weighted by Gasteiger charge is 2.74. The Morgan fingerprint density at radius 1 is 1.11 bits per heavy atom. The molecule has 2 aliphatic heterocycles. The van der Waals surface area contributed by atoms with Crippen molar-refractivity contribution in [1.82, 2.24) is 34.0 Å². The number of hydrogen-bond donors (Lipinski definition) is 0. The number of likely N-dealkylation sites (tertiary alicyclic amines) is 1. The molecule has 0 bridgehead atoms. The molecular weight excluding hydrogens is 509 g/mol. The van der Waals surface area contributed by atoms with Crippen LogP contribution in [0.4, 0.5) is 4.39 Å². The summed E-state index contributed by atoms with van der Waals surface area (Å²) in [6.45, 7) is 3.96. The molecule has 1 amide bonds. The Kier molecular flexibility index (Phi) is 4.90. The second kappa shape index (κ2) is 7.93. The lowest BCUT2D eigenvalue weighted by atomic mass is 9.88. The Balaban J connectivity index is 1.30. The van der Waals surface area contributed by atoms with Crippen LogP contribution in [0.1, 0.15) is 17.5 Å². The fraction of sp³-hybridized carbons (Fsp3) is 0.385. The van der Waals surface area contributed by atoms with Crippen LogP contribution in [0.15, 0.2) is 53.8 Å². The maximum Gasteiger partial charge on any atom is 0.264 e. The van der Waals surface area contributed by atoms with Crippen LogP contribution in [-0.2, 0) is 27.3 Å². The van der Waals surface area contributed by atoms with Gasteiger partial charge in [-0.15, -0.1) is 5.10 Å². The quantitative estimate of drug-likeness (QED) is 0.387. The summed E-state index contributed by atoms with van der Waals surface area (Å²) in [5.74, 6) is -0.591. The normalized spacial score (nSPS) is 25.0. The molecule has 0 N–H and O–H groups in total. The van der Waals surface area contributed by atoms with Crippen molar-refractivity contribution in [2.24, 2.45) is 18.9 Å². The van der Waals surface area contributed by atoms with Crippen molar-refractivity contribution in [2.45, 2.75) is 23.8 Å². The van der Waals surface area contributed by atoms with E-state index in [1.165, 1.54) is 27.4 Å². The van der Waals surface area contributed by atoms with Gasteiger partial charge >= 0.3 is 0 Å². The van der Waals surface area contributed by atoms with E-state index in [9.17, 15) is 17.6 Å². The lowest BCUT2D eigenvalue weighted by molar-refractivity contribution is -0.137. The van der Waals surface area contributed by atoms with Crippen molar-refractivity contribution in [3.05, 3.63) is 65.7 Å². The van der Waals surface area contributed by atoms with Crippen LogP contribution in [0.25, 0.3) is 16.6 Å². The van der Waals surface area contributed by atoms with E-state index in [0.717, 1.165) is 47.2 Å². The van der Waals surface area contributed by atoms with Gasteiger partial charge in [0.05, 0.1) is 29.5 Å². The van der Waals surface area contributed by atoms with Gasteiger partial charge in [-0.2, -0.15) is 19.3 Å². The molecule has 196 valence electrons.